The van der Waals surface area contributed by atoms with E-state index in [1.165, 1.54) is 19.3 Å². The molecule has 1 aliphatic carbocycles. The van der Waals surface area contributed by atoms with Gasteiger partial charge in [0.05, 0.1) is 4.90 Å². The molecule has 2 aliphatic rings. The van der Waals surface area contributed by atoms with Gasteiger partial charge in [0.25, 0.3) is 0 Å². The number of hydrogen-bond acceptors (Lipinski definition) is 2. The van der Waals surface area contributed by atoms with E-state index in [0.29, 0.717) is 17.4 Å². The van der Waals surface area contributed by atoms with Crippen LogP contribution in [0.5, 0.6) is 0 Å². The van der Waals surface area contributed by atoms with E-state index in [4.69, 9.17) is 11.6 Å². The Labute approximate surface area is 151 Å². The number of piperidine rings is 1. The van der Waals surface area contributed by atoms with Gasteiger partial charge in [0.1, 0.15) is 0 Å². The van der Waals surface area contributed by atoms with Crippen LogP contribution >= 0.6 is 11.6 Å². The summed E-state index contributed by atoms with van der Waals surface area (Å²) in [6.07, 6.45) is 6.67. The molecule has 0 bridgehead atoms. The summed E-state index contributed by atoms with van der Waals surface area (Å²) >= 11 is 6.54. The molecule has 0 unspecified atom stereocenters. The second kappa shape index (κ2) is 7.35. The summed E-state index contributed by atoms with van der Waals surface area (Å²) in [6.45, 7) is 4.64. The summed E-state index contributed by atoms with van der Waals surface area (Å²) in [5, 5.41) is 0.0707. The quantitative estimate of drug-likeness (QED) is 0.731. The summed E-state index contributed by atoms with van der Waals surface area (Å²) in [7, 11) is -3.46. The van der Waals surface area contributed by atoms with Crippen LogP contribution in [-0.4, -0.2) is 30.7 Å². The molecule has 24 heavy (non-hydrogen) atoms. The number of rotatable bonds is 3. The van der Waals surface area contributed by atoms with Gasteiger partial charge in [0, 0.05) is 18.0 Å². The monoisotopic (exact) mass is 369 g/mol. The van der Waals surface area contributed by atoms with Crippen molar-refractivity contribution in [2.75, 3.05) is 6.54 Å². The number of aryl methyl sites for hydroxylation is 1. The van der Waals surface area contributed by atoms with Gasteiger partial charge in [-0.3, -0.25) is 0 Å². The van der Waals surface area contributed by atoms with Crippen molar-refractivity contribution in [3.63, 3.8) is 0 Å². The maximum Gasteiger partial charge on any atom is 0.243 e. The number of benzene rings is 1. The third-order valence-electron chi connectivity index (χ3n) is 5.83. The lowest BCUT2D eigenvalue weighted by atomic mass is 9.76. The molecule has 3 nitrogen and oxygen atoms in total. The van der Waals surface area contributed by atoms with E-state index in [0.717, 1.165) is 24.8 Å². The van der Waals surface area contributed by atoms with Gasteiger partial charge >= 0.3 is 0 Å². The minimum absolute atomic E-state index is 0.0350. The molecular weight excluding hydrogens is 342 g/mol. The van der Waals surface area contributed by atoms with Crippen LogP contribution in [0, 0.1) is 18.8 Å². The molecule has 1 heterocycles. The van der Waals surface area contributed by atoms with Gasteiger partial charge in [-0.05, 0) is 50.2 Å². The highest BCUT2D eigenvalue weighted by molar-refractivity contribution is 7.89. The van der Waals surface area contributed by atoms with Crippen LogP contribution in [0.15, 0.2) is 29.2 Å². The number of nitrogens with zero attached hydrogens (tertiary/aromatic N) is 1. The third-order valence-corrected chi connectivity index (χ3v) is 8.35. The zero-order chi connectivity index (χ0) is 17.3. The largest absolute Gasteiger partial charge is 0.243 e. The fourth-order valence-electron chi connectivity index (χ4n) is 4.40. The highest BCUT2D eigenvalue weighted by Crippen LogP contribution is 2.40. The molecule has 1 aliphatic heterocycles. The molecule has 0 amide bonds. The lowest BCUT2D eigenvalue weighted by molar-refractivity contribution is 0.108. The average molecular weight is 370 g/mol. The molecule has 3 rings (SSSR count). The Kier molecular flexibility index (Phi) is 5.58. The van der Waals surface area contributed by atoms with Crippen molar-refractivity contribution in [1.29, 1.82) is 0 Å². The summed E-state index contributed by atoms with van der Waals surface area (Å²) < 4.78 is 28.3. The van der Waals surface area contributed by atoms with E-state index in [1.54, 1.807) is 16.4 Å². The lowest BCUT2D eigenvalue weighted by Gasteiger charge is -2.46. The molecule has 1 saturated heterocycles. The van der Waals surface area contributed by atoms with Gasteiger partial charge in [-0.2, -0.15) is 4.31 Å². The fourth-order valence-corrected chi connectivity index (χ4v) is 6.43. The number of hydrogen-bond donors (Lipinski definition) is 0. The molecule has 3 atom stereocenters. The van der Waals surface area contributed by atoms with Crippen molar-refractivity contribution in [2.45, 2.75) is 68.7 Å². The molecule has 5 heteroatoms. The number of sulfonamides is 1. The number of alkyl halides is 1. The predicted octanol–water partition coefficient (Wildman–Crippen LogP) is 4.58. The standard InChI is InChI=1S/C19H28ClNO2S/c1-14-8-10-17(11-9-14)24(22,23)21-13-12-18(20)15(2)19(21)16-6-4-3-5-7-16/h8-11,15-16,18-19H,3-7,12-13H2,1-2H3/t15-,18-,19-/m1/s1. The molecule has 0 aromatic heterocycles. The van der Waals surface area contributed by atoms with E-state index in [2.05, 4.69) is 6.92 Å². The summed E-state index contributed by atoms with van der Waals surface area (Å²) in [5.74, 6) is 0.638. The van der Waals surface area contributed by atoms with Crippen LogP contribution in [0.2, 0.25) is 0 Å². The highest BCUT2D eigenvalue weighted by Gasteiger charge is 2.44. The first kappa shape index (κ1) is 18.2. The maximum absolute atomic E-state index is 13.3. The van der Waals surface area contributed by atoms with Crippen molar-refractivity contribution < 1.29 is 8.42 Å². The molecule has 134 valence electrons. The van der Waals surface area contributed by atoms with Crippen molar-refractivity contribution in [3.05, 3.63) is 29.8 Å². The second-order valence-corrected chi connectivity index (χ2v) is 9.93. The summed E-state index contributed by atoms with van der Waals surface area (Å²) in [5.41, 5.74) is 1.07. The van der Waals surface area contributed by atoms with Crippen LogP contribution in [0.25, 0.3) is 0 Å². The minimum atomic E-state index is -3.46. The topological polar surface area (TPSA) is 37.4 Å². The summed E-state index contributed by atoms with van der Waals surface area (Å²) in [4.78, 5) is 0.411. The molecule has 0 radical (unpaired) electrons. The van der Waals surface area contributed by atoms with Crippen LogP contribution in [0.4, 0.5) is 0 Å². The SMILES string of the molecule is Cc1ccc(S(=O)(=O)N2CC[C@@H](Cl)[C@@H](C)[C@@H]2C2CCCCC2)cc1. The maximum atomic E-state index is 13.3. The normalized spacial score (nSPS) is 30.4. The van der Waals surface area contributed by atoms with Crippen molar-refractivity contribution >= 4 is 21.6 Å². The van der Waals surface area contributed by atoms with Gasteiger partial charge in [0.15, 0.2) is 0 Å². The van der Waals surface area contributed by atoms with Crippen LogP contribution in [0.1, 0.15) is 51.0 Å². The zero-order valence-electron chi connectivity index (χ0n) is 14.6. The minimum Gasteiger partial charge on any atom is -0.207 e. The van der Waals surface area contributed by atoms with E-state index in [-0.39, 0.29) is 17.3 Å². The molecule has 1 aromatic rings. The second-order valence-electron chi connectivity index (χ2n) is 7.48. The van der Waals surface area contributed by atoms with Crippen molar-refractivity contribution in [3.8, 4) is 0 Å². The Bertz CT molecular complexity index is 652. The van der Waals surface area contributed by atoms with E-state index >= 15 is 0 Å². The Hall–Kier alpha value is -0.580. The Morgan fingerprint density at radius 1 is 1.04 bits per heavy atom. The van der Waals surface area contributed by atoms with Gasteiger partial charge < -0.3 is 0 Å². The lowest BCUT2D eigenvalue weighted by Crippen LogP contribution is -2.54. The van der Waals surface area contributed by atoms with Gasteiger partial charge in [-0.1, -0.05) is 43.9 Å². The zero-order valence-corrected chi connectivity index (χ0v) is 16.2. The number of halogens is 1. The average Bonchev–Trinajstić information content (AvgIpc) is 2.58. The highest BCUT2D eigenvalue weighted by atomic mass is 35.5. The first-order chi connectivity index (χ1) is 11.4. The Morgan fingerprint density at radius 3 is 2.29 bits per heavy atom. The van der Waals surface area contributed by atoms with Gasteiger partial charge in [0.2, 0.25) is 10.0 Å². The molecule has 1 aromatic carbocycles. The smallest absolute Gasteiger partial charge is 0.207 e. The molecule has 1 saturated carbocycles. The fraction of sp³-hybridized carbons (Fsp3) is 0.684. The van der Waals surface area contributed by atoms with Gasteiger partial charge in [-0.25, -0.2) is 8.42 Å². The summed E-state index contributed by atoms with van der Waals surface area (Å²) in [6, 6.07) is 7.26. The Balaban J connectivity index is 1.94. The molecule has 0 spiro atoms. The van der Waals surface area contributed by atoms with Crippen LogP contribution in [0.3, 0.4) is 0 Å². The van der Waals surface area contributed by atoms with Crippen LogP contribution in [-0.2, 0) is 10.0 Å². The molecule has 0 N–H and O–H groups in total. The van der Waals surface area contributed by atoms with Crippen molar-refractivity contribution in [1.82, 2.24) is 4.31 Å². The molecular formula is C19H28ClNO2S. The predicted molar refractivity (Wildman–Crippen MR) is 98.9 cm³/mol. The first-order valence-corrected chi connectivity index (χ1v) is 11.0. The first-order valence-electron chi connectivity index (χ1n) is 9.14. The van der Waals surface area contributed by atoms with E-state index < -0.39 is 10.0 Å². The third kappa shape index (κ3) is 3.51. The van der Waals surface area contributed by atoms with E-state index in [1.807, 2.05) is 19.1 Å². The van der Waals surface area contributed by atoms with Crippen molar-refractivity contribution in [2.24, 2.45) is 11.8 Å². The van der Waals surface area contributed by atoms with Crippen LogP contribution < -0.4 is 0 Å². The molecule has 2 fully saturated rings. The van der Waals surface area contributed by atoms with Gasteiger partial charge in [-0.15, -0.1) is 11.6 Å². The van der Waals surface area contributed by atoms with E-state index in [9.17, 15) is 8.42 Å². The Morgan fingerprint density at radius 2 is 1.67 bits per heavy atom.